The lowest BCUT2D eigenvalue weighted by Crippen LogP contribution is -2.20. The summed E-state index contributed by atoms with van der Waals surface area (Å²) in [6, 6.07) is 5.00. The molecule has 11 heteroatoms. The van der Waals surface area contributed by atoms with Gasteiger partial charge >= 0.3 is 5.82 Å². The maximum Gasteiger partial charge on any atom is 0.345 e. The normalized spacial score (nSPS) is 10.2. The summed E-state index contributed by atoms with van der Waals surface area (Å²) in [6.45, 7) is 1.15. The van der Waals surface area contributed by atoms with Gasteiger partial charge in [0.2, 0.25) is 0 Å². The molecule has 0 spiro atoms. The first kappa shape index (κ1) is 16.9. The first-order chi connectivity index (χ1) is 11.3. The lowest BCUT2D eigenvalue weighted by Gasteiger charge is -2.06. The van der Waals surface area contributed by atoms with Crippen molar-refractivity contribution in [1.29, 1.82) is 0 Å². The first-order valence-electron chi connectivity index (χ1n) is 6.62. The van der Waals surface area contributed by atoms with E-state index in [9.17, 15) is 25.0 Å². The van der Waals surface area contributed by atoms with Crippen LogP contribution in [0, 0.1) is 27.2 Å². The molecule has 1 aromatic heterocycles. The van der Waals surface area contributed by atoms with Crippen molar-refractivity contribution in [2.45, 2.75) is 13.5 Å². The quantitative estimate of drug-likeness (QED) is 0.624. The van der Waals surface area contributed by atoms with Gasteiger partial charge in [-0.2, -0.15) is 0 Å². The van der Waals surface area contributed by atoms with E-state index in [1.165, 1.54) is 25.3 Å². The van der Waals surface area contributed by atoms with Crippen LogP contribution in [-0.4, -0.2) is 32.6 Å². The highest BCUT2D eigenvalue weighted by Gasteiger charge is 2.20. The molecule has 1 heterocycles. The Morgan fingerprint density at radius 3 is 2.54 bits per heavy atom. The third-order valence-corrected chi connectivity index (χ3v) is 2.98. The smallest absolute Gasteiger partial charge is 0.345 e. The number of carbonyl (C=O) groups is 1. The van der Waals surface area contributed by atoms with E-state index in [1.807, 2.05) is 0 Å². The SMILES string of the molecule is COc1cc(NC(=O)Cn2nc(C)cc2[N+](=O)[O-])cc([N+](=O)[O-])c1. The van der Waals surface area contributed by atoms with Crippen LogP contribution in [0.5, 0.6) is 5.75 Å². The van der Waals surface area contributed by atoms with E-state index in [2.05, 4.69) is 10.4 Å². The lowest BCUT2D eigenvalue weighted by molar-refractivity contribution is -0.392. The van der Waals surface area contributed by atoms with Crippen LogP contribution in [0.3, 0.4) is 0 Å². The Morgan fingerprint density at radius 2 is 1.96 bits per heavy atom. The highest BCUT2D eigenvalue weighted by molar-refractivity contribution is 5.91. The fourth-order valence-electron chi connectivity index (χ4n) is 2.01. The van der Waals surface area contributed by atoms with Crippen molar-refractivity contribution in [1.82, 2.24) is 9.78 Å². The van der Waals surface area contributed by atoms with Crippen LogP contribution in [0.2, 0.25) is 0 Å². The molecule has 0 fully saturated rings. The van der Waals surface area contributed by atoms with Crippen LogP contribution in [0.15, 0.2) is 24.3 Å². The van der Waals surface area contributed by atoms with Gasteiger partial charge in [-0.1, -0.05) is 5.10 Å². The van der Waals surface area contributed by atoms with Crippen LogP contribution < -0.4 is 10.1 Å². The fourth-order valence-corrected chi connectivity index (χ4v) is 2.01. The molecule has 0 aliphatic rings. The monoisotopic (exact) mass is 335 g/mol. The maximum atomic E-state index is 12.0. The Hall–Kier alpha value is -3.50. The molecule has 2 aromatic rings. The molecular formula is C13H13N5O6. The number of nitrogens with zero attached hydrogens (tertiary/aromatic N) is 4. The predicted octanol–water partition coefficient (Wildman–Crippen LogP) is 1.66. The molecule has 0 unspecified atom stereocenters. The van der Waals surface area contributed by atoms with E-state index in [4.69, 9.17) is 4.74 Å². The van der Waals surface area contributed by atoms with E-state index >= 15 is 0 Å². The van der Waals surface area contributed by atoms with Gasteiger partial charge in [0.15, 0.2) is 6.54 Å². The molecule has 1 N–H and O–H groups in total. The molecule has 24 heavy (non-hydrogen) atoms. The molecule has 126 valence electrons. The highest BCUT2D eigenvalue weighted by atomic mass is 16.6. The number of aromatic nitrogens is 2. The summed E-state index contributed by atoms with van der Waals surface area (Å²) in [5.41, 5.74) is 0.273. The Bertz CT molecular complexity index is 815. The number of methoxy groups -OCH3 is 1. The molecule has 0 aliphatic carbocycles. The number of hydrogen-bond acceptors (Lipinski definition) is 7. The topological polar surface area (TPSA) is 142 Å². The van der Waals surface area contributed by atoms with E-state index in [0.717, 1.165) is 10.7 Å². The molecule has 1 aromatic carbocycles. The second kappa shape index (κ2) is 6.73. The second-order valence-corrected chi connectivity index (χ2v) is 4.78. The molecule has 0 saturated carbocycles. The summed E-state index contributed by atoms with van der Waals surface area (Å²) < 4.78 is 5.88. The molecule has 2 rings (SSSR count). The van der Waals surface area contributed by atoms with E-state index < -0.39 is 22.3 Å². The summed E-state index contributed by atoms with van der Waals surface area (Å²) in [6.07, 6.45) is 0. The van der Waals surface area contributed by atoms with Gasteiger partial charge in [0.25, 0.3) is 11.6 Å². The van der Waals surface area contributed by atoms with E-state index in [0.29, 0.717) is 5.69 Å². The van der Waals surface area contributed by atoms with Crippen molar-refractivity contribution in [3.8, 4) is 5.75 Å². The first-order valence-corrected chi connectivity index (χ1v) is 6.62. The average molecular weight is 335 g/mol. The van der Waals surface area contributed by atoms with Crippen molar-refractivity contribution in [3.05, 3.63) is 50.2 Å². The van der Waals surface area contributed by atoms with Gasteiger partial charge in [-0.25, -0.2) is 0 Å². The molecule has 0 saturated heterocycles. The van der Waals surface area contributed by atoms with Crippen LogP contribution in [0.25, 0.3) is 0 Å². The van der Waals surface area contributed by atoms with Gasteiger partial charge < -0.3 is 20.2 Å². The number of anilines is 1. The number of nitrogens with one attached hydrogen (secondary N) is 1. The minimum atomic E-state index is -0.649. The van der Waals surface area contributed by atoms with E-state index in [1.54, 1.807) is 6.92 Å². The lowest BCUT2D eigenvalue weighted by atomic mass is 10.2. The van der Waals surface area contributed by atoms with Gasteiger partial charge in [0.1, 0.15) is 5.75 Å². The van der Waals surface area contributed by atoms with Gasteiger partial charge in [-0.3, -0.25) is 14.9 Å². The summed E-state index contributed by atoms with van der Waals surface area (Å²) in [5.74, 6) is -0.747. The van der Waals surface area contributed by atoms with Crippen LogP contribution >= 0.6 is 0 Å². The standard InChI is InChI=1S/C13H13N5O6/c1-8-3-13(18(22)23)16(15-8)7-12(19)14-9-4-10(17(20)21)6-11(5-9)24-2/h3-6H,7H2,1-2H3,(H,14,19). The number of aryl methyl sites for hydroxylation is 1. The maximum absolute atomic E-state index is 12.0. The number of amides is 1. The summed E-state index contributed by atoms with van der Waals surface area (Å²) in [7, 11) is 1.33. The number of non-ortho nitro benzene ring substituents is 1. The zero-order valence-corrected chi connectivity index (χ0v) is 12.8. The van der Waals surface area contributed by atoms with Crippen molar-refractivity contribution in [2.24, 2.45) is 0 Å². The molecular weight excluding hydrogens is 322 g/mol. The van der Waals surface area contributed by atoms with Gasteiger partial charge in [-0.05, 0) is 11.8 Å². The second-order valence-electron chi connectivity index (χ2n) is 4.78. The third-order valence-electron chi connectivity index (χ3n) is 2.98. The molecule has 0 atom stereocenters. The number of carbonyl (C=O) groups excluding carboxylic acids is 1. The summed E-state index contributed by atoms with van der Waals surface area (Å²) >= 11 is 0. The van der Waals surface area contributed by atoms with Crippen molar-refractivity contribution in [2.75, 3.05) is 12.4 Å². The fraction of sp³-hybridized carbons (Fsp3) is 0.231. The minimum absolute atomic E-state index is 0.137. The molecule has 1 amide bonds. The predicted molar refractivity (Wildman–Crippen MR) is 81.9 cm³/mol. The Balaban J connectivity index is 2.20. The zero-order chi connectivity index (χ0) is 17.9. The Labute approximate surface area is 135 Å². The molecule has 0 bridgehead atoms. The van der Waals surface area contributed by atoms with Crippen molar-refractivity contribution < 1.29 is 19.4 Å². The summed E-state index contributed by atoms with van der Waals surface area (Å²) in [4.78, 5) is 32.5. The molecule has 0 radical (unpaired) electrons. The van der Waals surface area contributed by atoms with E-state index in [-0.39, 0.29) is 22.9 Å². The molecule has 11 nitrogen and oxygen atoms in total. The Kier molecular flexibility index (Phi) is 4.73. The van der Waals surface area contributed by atoms with Gasteiger partial charge in [-0.15, -0.1) is 4.68 Å². The van der Waals surface area contributed by atoms with Crippen molar-refractivity contribution >= 4 is 23.1 Å². The average Bonchev–Trinajstić information content (AvgIpc) is 2.87. The van der Waals surface area contributed by atoms with Crippen molar-refractivity contribution in [3.63, 3.8) is 0 Å². The number of benzene rings is 1. The van der Waals surface area contributed by atoms with Crippen LogP contribution in [0.4, 0.5) is 17.2 Å². The van der Waals surface area contributed by atoms with Crippen LogP contribution in [0.1, 0.15) is 5.69 Å². The largest absolute Gasteiger partial charge is 0.496 e. The number of rotatable bonds is 6. The number of nitro groups is 2. The molecule has 0 aliphatic heterocycles. The summed E-state index contributed by atoms with van der Waals surface area (Å²) in [5, 5.41) is 28.1. The number of nitro benzene ring substituents is 1. The zero-order valence-electron chi connectivity index (χ0n) is 12.8. The van der Waals surface area contributed by atoms with Crippen LogP contribution in [-0.2, 0) is 11.3 Å². The van der Waals surface area contributed by atoms with Gasteiger partial charge in [0.05, 0.1) is 35.5 Å². The Morgan fingerprint density at radius 1 is 1.25 bits per heavy atom. The number of ether oxygens (including phenoxy) is 1. The third kappa shape index (κ3) is 3.82. The minimum Gasteiger partial charge on any atom is -0.496 e. The number of hydrogen-bond donors (Lipinski definition) is 1. The highest BCUT2D eigenvalue weighted by Crippen LogP contribution is 2.25. The van der Waals surface area contributed by atoms with Gasteiger partial charge in [0, 0.05) is 12.1 Å².